The largest absolute Gasteiger partial charge is 0.352 e. The van der Waals surface area contributed by atoms with Gasteiger partial charge in [0.05, 0.1) is 10.6 Å². The topological polar surface area (TPSA) is 86.8 Å². The molecule has 43 heavy (non-hydrogen) atoms. The van der Waals surface area contributed by atoms with Crippen LogP contribution in [0.3, 0.4) is 0 Å². The molecule has 0 aliphatic carbocycles. The number of rotatable bonds is 12. The van der Waals surface area contributed by atoms with Crippen molar-refractivity contribution < 1.29 is 18.0 Å². The summed E-state index contributed by atoms with van der Waals surface area (Å²) in [6.07, 6.45) is 0.250. The molecule has 0 saturated carbocycles. The van der Waals surface area contributed by atoms with Crippen LogP contribution in [0.15, 0.2) is 114 Å². The second-order valence-corrected chi connectivity index (χ2v) is 12.9. The van der Waals surface area contributed by atoms with Crippen LogP contribution >= 0.6 is 11.6 Å². The van der Waals surface area contributed by atoms with E-state index >= 15 is 0 Å². The average molecular weight is 618 g/mol. The van der Waals surface area contributed by atoms with E-state index in [2.05, 4.69) is 5.32 Å². The molecule has 4 aromatic rings. The molecule has 0 bridgehead atoms. The molecule has 1 N–H and O–H groups in total. The molecule has 4 aromatic carbocycles. The first-order valence-electron chi connectivity index (χ1n) is 14.1. The van der Waals surface area contributed by atoms with Crippen molar-refractivity contribution in [2.75, 3.05) is 10.8 Å². The summed E-state index contributed by atoms with van der Waals surface area (Å²) in [6.45, 7) is 5.10. The molecule has 1 atom stereocenters. The first-order valence-corrected chi connectivity index (χ1v) is 15.9. The van der Waals surface area contributed by atoms with E-state index in [1.807, 2.05) is 81.4 Å². The summed E-state index contributed by atoms with van der Waals surface area (Å²) in [6, 6.07) is 30.6. The SMILES string of the molecule is Cc1ccc(N(CC(=O)N(Cc2ccccc2)[C@@H](Cc2ccccc2)C(=O)NC(C)C)S(=O)(=O)c2ccccc2)cc1Cl. The third-order valence-electron chi connectivity index (χ3n) is 6.95. The van der Waals surface area contributed by atoms with E-state index in [1.54, 1.807) is 36.4 Å². The number of nitrogens with one attached hydrogen (secondary N) is 1. The summed E-state index contributed by atoms with van der Waals surface area (Å²) in [5.74, 6) is -0.848. The molecule has 4 rings (SSSR count). The predicted octanol–water partition coefficient (Wildman–Crippen LogP) is 6.01. The van der Waals surface area contributed by atoms with Crippen LogP contribution < -0.4 is 9.62 Å². The Morgan fingerprint density at radius 2 is 1.37 bits per heavy atom. The average Bonchev–Trinajstić information content (AvgIpc) is 3.00. The highest BCUT2D eigenvalue weighted by atomic mass is 35.5. The van der Waals surface area contributed by atoms with Crippen LogP contribution in [0.2, 0.25) is 5.02 Å². The third kappa shape index (κ3) is 8.24. The van der Waals surface area contributed by atoms with Crippen molar-refractivity contribution in [2.24, 2.45) is 0 Å². The standard InChI is InChI=1S/C34H36ClN3O4S/c1-25(2)36-34(40)32(21-27-13-7-4-8-14-27)37(23-28-15-9-5-10-16-28)33(39)24-38(29-20-19-26(3)31(35)22-29)43(41,42)30-17-11-6-12-18-30/h4-20,22,25,32H,21,23-24H2,1-3H3,(H,36,40)/t32-/m0/s1. The third-order valence-corrected chi connectivity index (χ3v) is 9.15. The lowest BCUT2D eigenvalue weighted by Gasteiger charge is -2.34. The van der Waals surface area contributed by atoms with Gasteiger partial charge in [-0.25, -0.2) is 8.42 Å². The Labute approximate surface area is 259 Å². The fourth-order valence-corrected chi connectivity index (χ4v) is 6.30. The monoisotopic (exact) mass is 617 g/mol. The van der Waals surface area contributed by atoms with Crippen LogP contribution in [0.1, 0.15) is 30.5 Å². The Kier molecular flexibility index (Phi) is 10.6. The first-order chi connectivity index (χ1) is 20.6. The lowest BCUT2D eigenvalue weighted by Crippen LogP contribution is -2.54. The number of aryl methyl sites for hydroxylation is 1. The molecular weight excluding hydrogens is 582 g/mol. The molecule has 0 saturated heterocycles. The molecule has 7 nitrogen and oxygen atoms in total. The zero-order valence-electron chi connectivity index (χ0n) is 24.5. The quantitative estimate of drug-likeness (QED) is 0.211. The Hall–Kier alpha value is -4.14. The van der Waals surface area contributed by atoms with Crippen molar-refractivity contribution in [2.45, 2.75) is 50.7 Å². The number of hydrogen-bond donors (Lipinski definition) is 1. The van der Waals surface area contributed by atoms with Crippen molar-refractivity contribution in [3.05, 3.63) is 131 Å². The van der Waals surface area contributed by atoms with Crippen LogP contribution in [0.4, 0.5) is 5.69 Å². The minimum atomic E-state index is -4.18. The number of carbonyl (C=O) groups excluding carboxylic acids is 2. The smallest absolute Gasteiger partial charge is 0.264 e. The van der Waals surface area contributed by atoms with Gasteiger partial charge in [0, 0.05) is 24.0 Å². The summed E-state index contributed by atoms with van der Waals surface area (Å²) in [5, 5.41) is 3.33. The van der Waals surface area contributed by atoms with Gasteiger partial charge >= 0.3 is 0 Å². The molecule has 224 valence electrons. The maximum Gasteiger partial charge on any atom is 0.264 e. The van der Waals surface area contributed by atoms with Gasteiger partial charge in [-0.15, -0.1) is 0 Å². The van der Waals surface area contributed by atoms with E-state index in [4.69, 9.17) is 11.6 Å². The summed E-state index contributed by atoms with van der Waals surface area (Å²) in [7, 11) is -4.18. The highest BCUT2D eigenvalue weighted by Crippen LogP contribution is 2.29. The minimum absolute atomic E-state index is 0.0347. The van der Waals surface area contributed by atoms with Gasteiger partial charge in [0.1, 0.15) is 12.6 Å². The van der Waals surface area contributed by atoms with Crippen molar-refractivity contribution in [3.63, 3.8) is 0 Å². The fraction of sp³-hybridized carbons (Fsp3) is 0.235. The molecule has 0 heterocycles. The van der Waals surface area contributed by atoms with E-state index in [1.165, 1.54) is 17.0 Å². The van der Waals surface area contributed by atoms with E-state index in [0.29, 0.717) is 5.02 Å². The number of halogens is 1. The molecule has 0 aromatic heterocycles. The molecule has 2 amide bonds. The highest BCUT2D eigenvalue weighted by molar-refractivity contribution is 7.92. The Balaban J connectivity index is 1.80. The number of sulfonamides is 1. The van der Waals surface area contributed by atoms with Crippen molar-refractivity contribution in [1.82, 2.24) is 10.2 Å². The summed E-state index contributed by atoms with van der Waals surface area (Å²) in [4.78, 5) is 29.6. The second kappa shape index (κ2) is 14.4. The predicted molar refractivity (Wildman–Crippen MR) is 171 cm³/mol. The fourth-order valence-electron chi connectivity index (χ4n) is 4.70. The number of nitrogens with zero attached hydrogens (tertiary/aromatic N) is 2. The lowest BCUT2D eigenvalue weighted by atomic mass is 10.0. The van der Waals surface area contributed by atoms with Crippen molar-refractivity contribution in [3.8, 4) is 0 Å². The lowest BCUT2D eigenvalue weighted by molar-refractivity contribution is -0.140. The van der Waals surface area contributed by atoms with Gasteiger partial charge in [0.15, 0.2) is 0 Å². The molecule has 0 fully saturated rings. The summed E-state index contributed by atoms with van der Waals surface area (Å²) >= 11 is 6.42. The van der Waals surface area contributed by atoms with E-state index in [9.17, 15) is 18.0 Å². The van der Waals surface area contributed by atoms with Gasteiger partial charge in [-0.1, -0.05) is 96.5 Å². The zero-order chi connectivity index (χ0) is 31.0. The minimum Gasteiger partial charge on any atom is -0.352 e. The van der Waals surface area contributed by atoms with Crippen molar-refractivity contribution in [1.29, 1.82) is 0 Å². The van der Waals surface area contributed by atoms with Crippen LogP contribution in [-0.4, -0.2) is 43.8 Å². The van der Waals surface area contributed by atoms with Gasteiger partial charge < -0.3 is 10.2 Å². The van der Waals surface area contributed by atoms with Gasteiger partial charge in [0.25, 0.3) is 10.0 Å². The Bertz CT molecular complexity index is 1630. The van der Waals surface area contributed by atoms with E-state index < -0.39 is 28.5 Å². The van der Waals surface area contributed by atoms with Gasteiger partial charge in [0.2, 0.25) is 11.8 Å². The number of hydrogen-bond acceptors (Lipinski definition) is 4. The molecule has 0 aliphatic heterocycles. The van der Waals surface area contributed by atoms with Gasteiger partial charge in [-0.3, -0.25) is 13.9 Å². The van der Waals surface area contributed by atoms with Crippen LogP contribution in [0.5, 0.6) is 0 Å². The van der Waals surface area contributed by atoms with Crippen LogP contribution in [-0.2, 0) is 32.6 Å². The molecule has 9 heteroatoms. The number of carbonyl (C=O) groups is 2. The zero-order valence-corrected chi connectivity index (χ0v) is 26.1. The molecule has 0 spiro atoms. The summed E-state index contributed by atoms with van der Waals surface area (Å²) in [5.41, 5.74) is 2.70. The normalized spacial score (nSPS) is 12.0. The number of benzene rings is 4. The number of anilines is 1. The Morgan fingerprint density at radius 3 is 1.93 bits per heavy atom. The van der Waals surface area contributed by atoms with Crippen molar-refractivity contribution >= 4 is 39.1 Å². The molecule has 0 aliphatic rings. The molecular formula is C34H36ClN3O4S. The van der Waals surface area contributed by atoms with E-state index in [0.717, 1.165) is 21.0 Å². The second-order valence-electron chi connectivity index (χ2n) is 10.6. The van der Waals surface area contributed by atoms with Crippen LogP contribution in [0, 0.1) is 6.92 Å². The van der Waals surface area contributed by atoms with Gasteiger partial charge in [-0.05, 0) is 61.7 Å². The summed E-state index contributed by atoms with van der Waals surface area (Å²) < 4.78 is 29.1. The highest BCUT2D eigenvalue weighted by Gasteiger charge is 2.34. The Morgan fingerprint density at radius 1 is 0.814 bits per heavy atom. The maximum absolute atomic E-state index is 14.4. The molecule has 0 unspecified atom stereocenters. The van der Waals surface area contributed by atoms with Gasteiger partial charge in [-0.2, -0.15) is 0 Å². The first kappa shape index (κ1) is 31.8. The molecule has 0 radical (unpaired) electrons. The number of amides is 2. The maximum atomic E-state index is 14.4. The van der Waals surface area contributed by atoms with Crippen LogP contribution in [0.25, 0.3) is 0 Å². The van der Waals surface area contributed by atoms with E-state index in [-0.39, 0.29) is 35.5 Å².